The minimum Gasteiger partial charge on any atom is -0.376 e. The topological polar surface area (TPSA) is 87.4 Å². The summed E-state index contributed by atoms with van der Waals surface area (Å²) in [6.07, 6.45) is 8.39. The van der Waals surface area contributed by atoms with Crippen molar-refractivity contribution < 1.29 is 14.3 Å². The molecule has 0 saturated carbocycles. The summed E-state index contributed by atoms with van der Waals surface area (Å²) in [6, 6.07) is 8.06. The van der Waals surface area contributed by atoms with Crippen LogP contribution < -0.4 is 5.32 Å². The predicted octanol–water partition coefficient (Wildman–Crippen LogP) is 3.03. The number of benzene rings is 1. The number of hydrogen-bond donors (Lipinski definition) is 1. The molecule has 0 unspecified atom stereocenters. The Kier molecular flexibility index (Phi) is 6.91. The van der Waals surface area contributed by atoms with Gasteiger partial charge in [0.2, 0.25) is 5.91 Å². The van der Waals surface area contributed by atoms with E-state index in [4.69, 9.17) is 4.74 Å². The molecular formula is C25H30N4O3. The van der Waals surface area contributed by atoms with Gasteiger partial charge >= 0.3 is 0 Å². The van der Waals surface area contributed by atoms with Crippen molar-refractivity contribution >= 4 is 28.8 Å². The van der Waals surface area contributed by atoms with Crippen molar-refractivity contribution in [2.45, 2.75) is 51.7 Å². The number of nitriles is 1. The smallest absolute Gasteiger partial charge is 0.262 e. The van der Waals surface area contributed by atoms with Crippen molar-refractivity contribution in [2.75, 3.05) is 26.2 Å². The number of nitrogens with one attached hydrogen (secondary N) is 1. The summed E-state index contributed by atoms with van der Waals surface area (Å²) in [4.78, 5) is 27.4. The van der Waals surface area contributed by atoms with Gasteiger partial charge < -0.3 is 19.5 Å². The Bertz CT molecular complexity index is 1070. The summed E-state index contributed by atoms with van der Waals surface area (Å²) in [6.45, 7) is 5.10. The molecule has 2 aliphatic rings. The first-order valence-corrected chi connectivity index (χ1v) is 11.5. The summed E-state index contributed by atoms with van der Waals surface area (Å²) in [5.41, 5.74) is 2.95. The Labute approximate surface area is 188 Å². The van der Waals surface area contributed by atoms with Gasteiger partial charge in [-0.3, -0.25) is 9.59 Å². The standard InChI is InChI=1S/C25H30N4O3/c1-2-18-7-5-9-22-20(13-19(14-26)25(31)27-15-21-8-6-12-32-21)16-29(24(18)22)17-23(30)28-10-3-4-11-28/h5,7,9,13,16,21H,2-4,6,8,10-12,15,17H2,1H3,(H,27,31)/b19-13+/t21-/m1/s1. The Morgan fingerprint density at radius 1 is 1.28 bits per heavy atom. The number of amides is 2. The summed E-state index contributed by atoms with van der Waals surface area (Å²) in [7, 11) is 0. The number of carbonyl (C=O) groups is 2. The minimum absolute atomic E-state index is 0.0181. The van der Waals surface area contributed by atoms with Crippen LogP contribution in [0.1, 0.15) is 43.7 Å². The molecule has 2 aliphatic heterocycles. The molecular weight excluding hydrogens is 404 g/mol. The SMILES string of the molecule is CCc1cccc2c(/C=C(\C#N)C(=O)NC[C@H]3CCCO3)cn(CC(=O)N3CCCC3)c12. The number of likely N-dealkylation sites (tertiary alicyclic amines) is 1. The zero-order valence-electron chi connectivity index (χ0n) is 18.6. The summed E-state index contributed by atoms with van der Waals surface area (Å²) < 4.78 is 7.52. The quantitative estimate of drug-likeness (QED) is 0.536. The molecule has 1 aromatic heterocycles. The highest BCUT2D eigenvalue weighted by molar-refractivity contribution is 6.04. The van der Waals surface area contributed by atoms with Crippen molar-refractivity contribution in [3.63, 3.8) is 0 Å². The van der Waals surface area contributed by atoms with Gasteiger partial charge in [-0.25, -0.2) is 0 Å². The van der Waals surface area contributed by atoms with Crippen molar-refractivity contribution in [1.29, 1.82) is 5.26 Å². The van der Waals surface area contributed by atoms with E-state index in [9.17, 15) is 14.9 Å². The average molecular weight is 435 g/mol. The lowest BCUT2D eigenvalue weighted by Gasteiger charge is -2.16. The molecule has 1 N–H and O–H groups in total. The van der Waals surface area contributed by atoms with Gasteiger partial charge in [-0.15, -0.1) is 0 Å². The number of hydrogen-bond acceptors (Lipinski definition) is 4. The van der Waals surface area contributed by atoms with Crippen LogP contribution >= 0.6 is 0 Å². The molecule has 4 rings (SSSR count). The largest absolute Gasteiger partial charge is 0.376 e. The number of aryl methyl sites for hydroxylation is 1. The van der Waals surface area contributed by atoms with E-state index in [0.29, 0.717) is 6.54 Å². The lowest BCUT2D eigenvalue weighted by atomic mass is 10.1. The second kappa shape index (κ2) is 10.0. The first-order chi connectivity index (χ1) is 15.6. The van der Waals surface area contributed by atoms with Gasteiger partial charge in [-0.05, 0) is 43.7 Å². The molecule has 0 aliphatic carbocycles. The van der Waals surface area contributed by atoms with Gasteiger partial charge in [0.25, 0.3) is 5.91 Å². The average Bonchev–Trinajstić information content (AvgIpc) is 3.57. The molecule has 168 valence electrons. The number of rotatable bonds is 7. The van der Waals surface area contributed by atoms with Gasteiger partial charge in [-0.2, -0.15) is 5.26 Å². The fourth-order valence-corrected chi connectivity index (χ4v) is 4.61. The number of nitrogens with zero attached hydrogens (tertiary/aromatic N) is 3. The molecule has 2 aromatic rings. The van der Waals surface area contributed by atoms with Crippen LogP contribution in [0.5, 0.6) is 0 Å². The van der Waals surface area contributed by atoms with Crippen LogP contribution in [0.15, 0.2) is 30.0 Å². The van der Waals surface area contributed by atoms with Crippen LogP contribution in [0, 0.1) is 11.3 Å². The summed E-state index contributed by atoms with van der Waals surface area (Å²) in [5, 5.41) is 13.4. The van der Waals surface area contributed by atoms with Crippen molar-refractivity contribution in [2.24, 2.45) is 0 Å². The lowest BCUT2D eigenvalue weighted by Crippen LogP contribution is -2.32. The van der Waals surface area contributed by atoms with E-state index >= 15 is 0 Å². The lowest BCUT2D eigenvalue weighted by molar-refractivity contribution is -0.130. The van der Waals surface area contributed by atoms with Crippen molar-refractivity contribution in [1.82, 2.24) is 14.8 Å². The highest BCUT2D eigenvalue weighted by Crippen LogP contribution is 2.28. The Morgan fingerprint density at radius 2 is 2.09 bits per heavy atom. The number of para-hydroxylation sites is 1. The maximum atomic E-state index is 12.8. The van der Waals surface area contributed by atoms with Gasteiger partial charge in [-0.1, -0.05) is 25.1 Å². The molecule has 0 spiro atoms. The number of carbonyl (C=O) groups excluding carboxylic acids is 2. The second-order valence-corrected chi connectivity index (χ2v) is 8.48. The van der Waals surface area contributed by atoms with Crippen LogP contribution in [0.3, 0.4) is 0 Å². The van der Waals surface area contributed by atoms with E-state index in [0.717, 1.165) is 73.8 Å². The second-order valence-electron chi connectivity index (χ2n) is 8.48. The molecule has 0 radical (unpaired) electrons. The van der Waals surface area contributed by atoms with Gasteiger partial charge in [0.15, 0.2) is 0 Å². The maximum Gasteiger partial charge on any atom is 0.262 e. The van der Waals surface area contributed by atoms with Gasteiger partial charge in [0.05, 0.1) is 11.6 Å². The van der Waals surface area contributed by atoms with Crippen LogP contribution in [0.25, 0.3) is 17.0 Å². The highest BCUT2D eigenvalue weighted by Gasteiger charge is 2.21. The van der Waals surface area contributed by atoms with Crippen molar-refractivity contribution in [3.8, 4) is 6.07 Å². The van der Waals surface area contributed by atoms with E-state index in [1.165, 1.54) is 0 Å². The van der Waals surface area contributed by atoms with Crippen LogP contribution in [-0.2, 0) is 27.3 Å². The fourth-order valence-electron chi connectivity index (χ4n) is 4.61. The Hall–Kier alpha value is -3.11. The molecule has 2 amide bonds. The normalized spacial score (nSPS) is 18.8. The van der Waals surface area contributed by atoms with E-state index in [-0.39, 0.29) is 24.1 Å². The first-order valence-electron chi connectivity index (χ1n) is 11.5. The molecule has 1 atom stereocenters. The Balaban J connectivity index is 1.62. The van der Waals surface area contributed by atoms with Crippen LogP contribution in [0.4, 0.5) is 0 Å². The molecule has 0 bridgehead atoms. The van der Waals surface area contributed by atoms with Crippen LogP contribution in [-0.4, -0.2) is 53.6 Å². The monoisotopic (exact) mass is 434 g/mol. The van der Waals surface area contributed by atoms with E-state index in [1.807, 2.05) is 33.9 Å². The maximum absolute atomic E-state index is 12.8. The highest BCUT2D eigenvalue weighted by atomic mass is 16.5. The molecule has 1 aromatic carbocycles. The molecule has 2 saturated heterocycles. The first kappa shape index (κ1) is 22.1. The molecule has 7 heteroatoms. The van der Waals surface area contributed by atoms with Gasteiger partial charge in [0.1, 0.15) is 18.2 Å². The van der Waals surface area contributed by atoms with Gasteiger partial charge in [0, 0.05) is 43.4 Å². The summed E-state index contributed by atoms with van der Waals surface area (Å²) >= 11 is 0. The molecule has 2 fully saturated rings. The third-order valence-electron chi connectivity index (χ3n) is 6.34. The summed E-state index contributed by atoms with van der Waals surface area (Å²) in [5.74, 6) is -0.292. The third-order valence-corrected chi connectivity index (χ3v) is 6.34. The molecule has 7 nitrogen and oxygen atoms in total. The van der Waals surface area contributed by atoms with E-state index < -0.39 is 5.91 Å². The number of aromatic nitrogens is 1. The minimum atomic E-state index is -0.399. The van der Waals surface area contributed by atoms with E-state index in [2.05, 4.69) is 18.3 Å². The number of ether oxygens (including phenoxy) is 1. The zero-order chi connectivity index (χ0) is 22.5. The van der Waals surface area contributed by atoms with Crippen LogP contribution in [0.2, 0.25) is 0 Å². The predicted molar refractivity (Wildman–Crippen MR) is 123 cm³/mol. The van der Waals surface area contributed by atoms with E-state index in [1.54, 1.807) is 6.08 Å². The molecule has 3 heterocycles. The fraction of sp³-hybridized carbons (Fsp3) is 0.480. The Morgan fingerprint density at radius 3 is 2.78 bits per heavy atom. The molecule has 32 heavy (non-hydrogen) atoms. The zero-order valence-corrected chi connectivity index (χ0v) is 18.6. The third kappa shape index (κ3) is 4.71. The van der Waals surface area contributed by atoms with Crippen molar-refractivity contribution in [3.05, 3.63) is 41.1 Å². The number of fused-ring (bicyclic) bond motifs is 1.